The summed E-state index contributed by atoms with van der Waals surface area (Å²) in [5, 5.41) is 14.3. The average Bonchev–Trinajstić information content (AvgIpc) is 2.80. The zero-order valence-electron chi connectivity index (χ0n) is 13.3. The van der Waals surface area contributed by atoms with Crippen LogP contribution in [0.25, 0.3) is 0 Å². The Bertz CT molecular complexity index is 584. The van der Waals surface area contributed by atoms with Crippen molar-refractivity contribution in [2.45, 2.75) is 37.8 Å². The molecule has 2 fully saturated rings. The number of ether oxygens (including phenoxy) is 1. The van der Waals surface area contributed by atoms with Crippen LogP contribution in [0.1, 0.15) is 25.7 Å². The van der Waals surface area contributed by atoms with Crippen LogP contribution in [-0.4, -0.2) is 47.5 Å². The molecular formula is C16H22ClN3O4. The monoisotopic (exact) mass is 355 g/mol. The van der Waals surface area contributed by atoms with Crippen molar-refractivity contribution in [1.29, 1.82) is 0 Å². The molecule has 0 spiro atoms. The first kappa shape index (κ1) is 18.5. The highest BCUT2D eigenvalue weighted by Gasteiger charge is 2.37. The van der Waals surface area contributed by atoms with Gasteiger partial charge in [0.1, 0.15) is 0 Å². The number of nitro benzene ring substituents is 1. The first-order valence-corrected chi connectivity index (χ1v) is 8.05. The Kier molecular flexibility index (Phi) is 6.39. The highest BCUT2D eigenvalue weighted by atomic mass is 35.5. The molecule has 8 heteroatoms. The fourth-order valence-electron chi connectivity index (χ4n) is 3.50. The van der Waals surface area contributed by atoms with Crippen molar-refractivity contribution >= 4 is 24.0 Å². The Morgan fingerprint density at radius 1 is 1.29 bits per heavy atom. The SMILES string of the molecule is Cl.O=C(CCOc1ccccc1[N+](=O)[O-])N1C2CCNCC1CC2. The van der Waals surface area contributed by atoms with Crippen LogP contribution in [0.3, 0.4) is 0 Å². The Labute approximate surface area is 146 Å². The van der Waals surface area contributed by atoms with E-state index in [9.17, 15) is 14.9 Å². The summed E-state index contributed by atoms with van der Waals surface area (Å²) in [7, 11) is 0. The van der Waals surface area contributed by atoms with Crippen molar-refractivity contribution in [2.24, 2.45) is 0 Å². The lowest BCUT2D eigenvalue weighted by molar-refractivity contribution is -0.385. The highest BCUT2D eigenvalue weighted by Crippen LogP contribution is 2.29. The first-order chi connectivity index (χ1) is 11.2. The molecule has 0 aromatic heterocycles. The van der Waals surface area contributed by atoms with Crippen molar-refractivity contribution in [3.8, 4) is 5.75 Å². The molecule has 132 valence electrons. The Morgan fingerprint density at radius 3 is 2.83 bits per heavy atom. The van der Waals surface area contributed by atoms with Crippen molar-refractivity contribution < 1.29 is 14.5 Å². The number of para-hydroxylation sites is 2. The zero-order chi connectivity index (χ0) is 16.2. The summed E-state index contributed by atoms with van der Waals surface area (Å²) < 4.78 is 5.48. The number of carbonyl (C=O) groups is 1. The van der Waals surface area contributed by atoms with E-state index in [2.05, 4.69) is 5.32 Å². The van der Waals surface area contributed by atoms with E-state index in [4.69, 9.17) is 4.74 Å². The maximum Gasteiger partial charge on any atom is 0.310 e. The van der Waals surface area contributed by atoms with E-state index in [1.54, 1.807) is 18.2 Å². The molecule has 2 bridgehead atoms. The molecule has 0 aliphatic carbocycles. The number of fused-ring (bicyclic) bond motifs is 2. The third-order valence-electron chi connectivity index (χ3n) is 4.58. The third kappa shape index (κ3) is 3.96. The van der Waals surface area contributed by atoms with E-state index >= 15 is 0 Å². The van der Waals surface area contributed by atoms with Gasteiger partial charge in [-0.3, -0.25) is 14.9 Å². The summed E-state index contributed by atoms with van der Waals surface area (Å²) in [6.45, 7) is 1.97. The lowest BCUT2D eigenvalue weighted by atomic mass is 10.1. The van der Waals surface area contributed by atoms with Crippen LogP contribution in [0, 0.1) is 10.1 Å². The second-order valence-electron chi connectivity index (χ2n) is 6.00. The van der Waals surface area contributed by atoms with Crippen LogP contribution in [0.15, 0.2) is 24.3 Å². The maximum atomic E-state index is 12.5. The van der Waals surface area contributed by atoms with Crippen LogP contribution in [0.2, 0.25) is 0 Å². The summed E-state index contributed by atoms with van der Waals surface area (Å²) in [5.74, 6) is 0.297. The topological polar surface area (TPSA) is 84.7 Å². The third-order valence-corrected chi connectivity index (χ3v) is 4.58. The molecule has 2 atom stereocenters. The summed E-state index contributed by atoms with van der Waals surface area (Å²) in [4.78, 5) is 25.0. The molecule has 2 aliphatic rings. The Balaban J connectivity index is 0.00000208. The fourth-order valence-corrected chi connectivity index (χ4v) is 3.50. The molecule has 1 aromatic carbocycles. The van der Waals surface area contributed by atoms with Gasteiger partial charge in [-0.1, -0.05) is 12.1 Å². The van der Waals surface area contributed by atoms with Gasteiger partial charge in [-0.15, -0.1) is 12.4 Å². The predicted octanol–water partition coefficient (Wildman–Crippen LogP) is 2.14. The minimum Gasteiger partial charge on any atom is -0.486 e. The van der Waals surface area contributed by atoms with Gasteiger partial charge in [-0.25, -0.2) is 0 Å². The summed E-state index contributed by atoms with van der Waals surface area (Å²) in [5.41, 5.74) is -0.0704. The van der Waals surface area contributed by atoms with Crippen LogP contribution in [0.5, 0.6) is 5.75 Å². The van der Waals surface area contributed by atoms with Crippen molar-refractivity contribution in [3.63, 3.8) is 0 Å². The minimum atomic E-state index is -0.474. The molecule has 2 saturated heterocycles. The normalized spacial score (nSPS) is 22.4. The standard InChI is InChI=1S/C16H21N3O4.ClH/c20-16(18-12-5-6-13(18)11-17-9-7-12)8-10-23-15-4-2-1-3-14(15)19(21)22;/h1-4,12-13,17H,5-11H2;1H. The molecular weight excluding hydrogens is 334 g/mol. The highest BCUT2D eigenvalue weighted by molar-refractivity contribution is 5.85. The van der Waals surface area contributed by atoms with E-state index in [-0.39, 0.29) is 48.8 Å². The molecule has 2 unspecified atom stereocenters. The number of amides is 1. The van der Waals surface area contributed by atoms with Crippen molar-refractivity contribution in [3.05, 3.63) is 34.4 Å². The second-order valence-corrected chi connectivity index (χ2v) is 6.00. The fraction of sp³-hybridized carbons (Fsp3) is 0.562. The number of rotatable bonds is 5. The maximum absolute atomic E-state index is 12.5. The molecule has 7 nitrogen and oxygen atoms in total. The van der Waals surface area contributed by atoms with Gasteiger partial charge in [0, 0.05) is 24.7 Å². The van der Waals surface area contributed by atoms with Crippen LogP contribution >= 0.6 is 12.4 Å². The van der Waals surface area contributed by atoms with Crippen molar-refractivity contribution in [1.82, 2.24) is 10.2 Å². The van der Waals surface area contributed by atoms with Gasteiger partial charge < -0.3 is 15.0 Å². The van der Waals surface area contributed by atoms with E-state index in [1.165, 1.54) is 6.07 Å². The molecule has 0 saturated carbocycles. The van der Waals surface area contributed by atoms with E-state index in [1.807, 2.05) is 4.90 Å². The van der Waals surface area contributed by atoms with Crippen LogP contribution < -0.4 is 10.1 Å². The summed E-state index contributed by atoms with van der Waals surface area (Å²) in [6, 6.07) is 6.85. The van der Waals surface area contributed by atoms with E-state index in [0.29, 0.717) is 6.04 Å². The zero-order valence-corrected chi connectivity index (χ0v) is 14.2. The minimum absolute atomic E-state index is 0. The summed E-state index contributed by atoms with van der Waals surface area (Å²) in [6.07, 6.45) is 3.36. The van der Waals surface area contributed by atoms with Crippen molar-refractivity contribution in [2.75, 3.05) is 19.7 Å². The molecule has 24 heavy (non-hydrogen) atoms. The molecule has 1 amide bonds. The van der Waals surface area contributed by atoms with E-state index < -0.39 is 4.92 Å². The van der Waals surface area contributed by atoms with Gasteiger partial charge in [0.05, 0.1) is 18.0 Å². The molecule has 2 aliphatic heterocycles. The number of hydrogen-bond acceptors (Lipinski definition) is 5. The molecule has 1 aromatic rings. The molecule has 2 heterocycles. The van der Waals surface area contributed by atoms with Crippen LogP contribution in [-0.2, 0) is 4.79 Å². The van der Waals surface area contributed by atoms with Gasteiger partial charge in [-0.2, -0.15) is 0 Å². The number of nitrogens with zero attached hydrogens (tertiary/aromatic N) is 2. The van der Waals surface area contributed by atoms with Gasteiger partial charge >= 0.3 is 5.69 Å². The number of halogens is 1. The van der Waals surface area contributed by atoms with Gasteiger partial charge in [0.2, 0.25) is 5.91 Å². The number of nitro groups is 1. The lowest BCUT2D eigenvalue weighted by Gasteiger charge is -2.27. The van der Waals surface area contributed by atoms with Gasteiger partial charge in [0.15, 0.2) is 5.75 Å². The lowest BCUT2D eigenvalue weighted by Crippen LogP contribution is -2.42. The molecule has 0 radical (unpaired) electrons. The predicted molar refractivity (Wildman–Crippen MR) is 91.6 cm³/mol. The first-order valence-electron chi connectivity index (χ1n) is 8.05. The quantitative estimate of drug-likeness (QED) is 0.646. The number of nitrogens with one attached hydrogen (secondary N) is 1. The summed E-state index contributed by atoms with van der Waals surface area (Å²) >= 11 is 0. The number of carbonyl (C=O) groups excluding carboxylic acids is 1. The Hall–Kier alpha value is -1.86. The van der Waals surface area contributed by atoms with Crippen LogP contribution in [0.4, 0.5) is 5.69 Å². The smallest absolute Gasteiger partial charge is 0.310 e. The van der Waals surface area contributed by atoms with Gasteiger partial charge in [0.25, 0.3) is 0 Å². The van der Waals surface area contributed by atoms with Gasteiger partial charge in [-0.05, 0) is 31.9 Å². The average molecular weight is 356 g/mol. The number of hydrogen-bond donors (Lipinski definition) is 1. The number of benzene rings is 1. The molecule has 1 N–H and O–H groups in total. The molecule has 3 rings (SSSR count). The second kappa shape index (κ2) is 8.30. The van der Waals surface area contributed by atoms with E-state index in [0.717, 1.165) is 32.4 Å². The largest absolute Gasteiger partial charge is 0.486 e. The Morgan fingerprint density at radius 2 is 2.04 bits per heavy atom.